The molecule has 2 heterocycles. The maximum Gasteiger partial charge on any atom is 0.299 e. The van der Waals surface area contributed by atoms with Crippen molar-refractivity contribution in [1.82, 2.24) is 4.90 Å². The predicted molar refractivity (Wildman–Crippen MR) is 78.5 cm³/mol. The molecular weight excluding hydrogens is 254 g/mol. The highest BCUT2D eigenvalue weighted by molar-refractivity contribution is 6.52. The lowest BCUT2D eigenvalue weighted by Crippen LogP contribution is -2.31. The second-order valence-electron chi connectivity index (χ2n) is 5.75. The third kappa shape index (κ3) is 1.89. The van der Waals surface area contributed by atoms with E-state index in [-0.39, 0.29) is 0 Å². The molecule has 2 aliphatic heterocycles. The van der Waals surface area contributed by atoms with Crippen molar-refractivity contribution in [2.75, 3.05) is 44.0 Å². The minimum Gasteiger partial charge on any atom is -0.370 e. The molecule has 0 saturated carbocycles. The van der Waals surface area contributed by atoms with Gasteiger partial charge in [-0.2, -0.15) is 0 Å². The van der Waals surface area contributed by atoms with Gasteiger partial charge in [-0.1, -0.05) is 0 Å². The maximum absolute atomic E-state index is 11.8. The molecule has 1 amide bonds. The van der Waals surface area contributed by atoms with Gasteiger partial charge >= 0.3 is 0 Å². The molecule has 0 radical (unpaired) electrons. The van der Waals surface area contributed by atoms with Crippen LogP contribution in [0.15, 0.2) is 18.2 Å². The summed E-state index contributed by atoms with van der Waals surface area (Å²) in [6.07, 6.45) is 1.14. The van der Waals surface area contributed by atoms with E-state index in [1.165, 1.54) is 4.90 Å². The Morgan fingerprint density at radius 2 is 2.00 bits per heavy atom. The molecule has 2 aliphatic rings. The van der Waals surface area contributed by atoms with Crippen LogP contribution in [0.4, 0.5) is 11.4 Å². The average molecular weight is 273 g/mol. The number of Topliss-reactive ketones (excluding diaryl/α,β-unsaturated/α-hetero) is 1. The van der Waals surface area contributed by atoms with Crippen molar-refractivity contribution in [2.24, 2.45) is 0 Å². The Labute approximate surface area is 118 Å². The Bertz CT molecular complexity index is 582. The van der Waals surface area contributed by atoms with Gasteiger partial charge in [0.2, 0.25) is 0 Å². The number of likely N-dealkylation sites (N-methyl/N-ethyl adjacent to an activating group) is 2. The van der Waals surface area contributed by atoms with Crippen molar-refractivity contribution < 1.29 is 9.59 Å². The van der Waals surface area contributed by atoms with Gasteiger partial charge in [-0.15, -0.1) is 0 Å². The van der Waals surface area contributed by atoms with Crippen LogP contribution in [-0.2, 0) is 4.79 Å². The monoisotopic (exact) mass is 273 g/mol. The van der Waals surface area contributed by atoms with Crippen molar-refractivity contribution in [3.8, 4) is 0 Å². The van der Waals surface area contributed by atoms with Gasteiger partial charge in [0.25, 0.3) is 11.7 Å². The summed E-state index contributed by atoms with van der Waals surface area (Å²) in [6.45, 7) is 1.99. The number of carbonyl (C=O) groups is 2. The topological polar surface area (TPSA) is 43.9 Å². The smallest absolute Gasteiger partial charge is 0.299 e. The highest BCUT2D eigenvalue weighted by Gasteiger charge is 2.34. The van der Waals surface area contributed by atoms with E-state index in [1.54, 1.807) is 13.1 Å². The second kappa shape index (κ2) is 4.59. The summed E-state index contributed by atoms with van der Waals surface area (Å²) < 4.78 is 0. The Kier molecular flexibility index (Phi) is 3.01. The van der Waals surface area contributed by atoms with Gasteiger partial charge in [0.05, 0.1) is 11.3 Å². The maximum atomic E-state index is 11.8. The van der Waals surface area contributed by atoms with Crippen LogP contribution in [-0.4, -0.2) is 56.9 Å². The molecule has 0 N–H and O–H groups in total. The number of carbonyl (C=O) groups excluding carboxylic acids is 2. The number of ketones is 1. The third-order valence-electron chi connectivity index (χ3n) is 4.34. The molecule has 20 heavy (non-hydrogen) atoms. The summed E-state index contributed by atoms with van der Waals surface area (Å²) >= 11 is 0. The minimum absolute atomic E-state index is 0.401. The Balaban J connectivity index is 1.88. The molecule has 0 aliphatic carbocycles. The summed E-state index contributed by atoms with van der Waals surface area (Å²) in [5.74, 6) is -0.841. The van der Waals surface area contributed by atoms with E-state index in [2.05, 4.69) is 23.9 Å². The van der Waals surface area contributed by atoms with E-state index in [4.69, 9.17) is 0 Å². The van der Waals surface area contributed by atoms with Crippen LogP contribution in [0, 0.1) is 0 Å². The highest BCUT2D eigenvalue weighted by atomic mass is 16.2. The van der Waals surface area contributed by atoms with E-state index >= 15 is 0 Å². The molecule has 1 fully saturated rings. The molecule has 0 spiro atoms. The lowest BCUT2D eigenvalue weighted by atomic mass is 10.1. The molecule has 0 aromatic heterocycles. The molecular formula is C15H19N3O2. The summed E-state index contributed by atoms with van der Waals surface area (Å²) in [5, 5.41) is 0. The van der Waals surface area contributed by atoms with E-state index in [1.807, 2.05) is 12.1 Å². The molecule has 3 rings (SSSR count). The summed E-state index contributed by atoms with van der Waals surface area (Å²) in [4.78, 5) is 29.5. The lowest BCUT2D eigenvalue weighted by Gasteiger charge is -2.22. The van der Waals surface area contributed by atoms with Gasteiger partial charge in [0.1, 0.15) is 0 Å². The van der Waals surface area contributed by atoms with E-state index in [0.717, 1.165) is 30.9 Å². The van der Waals surface area contributed by atoms with Gasteiger partial charge in [-0.05, 0) is 38.7 Å². The van der Waals surface area contributed by atoms with Crippen molar-refractivity contribution in [3.05, 3.63) is 23.8 Å². The number of rotatable bonds is 2. The number of hydrogen-bond acceptors (Lipinski definition) is 4. The number of hydrogen-bond donors (Lipinski definition) is 0. The van der Waals surface area contributed by atoms with Gasteiger partial charge in [-0.25, -0.2) is 0 Å². The molecule has 1 aromatic carbocycles. The first-order valence-electron chi connectivity index (χ1n) is 6.87. The quantitative estimate of drug-likeness (QED) is 0.754. The van der Waals surface area contributed by atoms with E-state index < -0.39 is 11.7 Å². The summed E-state index contributed by atoms with van der Waals surface area (Å²) in [5.41, 5.74) is 2.33. The Morgan fingerprint density at radius 1 is 1.25 bits per heavy atom. The molecule has 1 saturated heterocycles. The van der Waals surface area contributed by atoms with Crippen LogP contribution < -0.4 is 9.80 Å². The normalized spacial score (nSPS) is 22.1. The first-order chi connectivity index (χ1) is 9.49. The second-order valence-corrected chi connectivity index (χ2v) is 5.75. The molecule has 0 bridgehead atoms. The molecule has 1 atom stereocenters. The van der Waals surface area contributed by atoms with E-state index in [9.17, 15) is 9.59 Å². The van der Waals surface area contributed by atoms with Crippen LogP contribution in [0.1, 0.15) is 16.8 Å². The minimum atomic E-state index is -0.440. The van der Waals surface area contributed by atoms with Gasteiger partial charge in [0.15, 0.2) is 0 Å². The third-order valence-corrected chi connectivity index (χ3v) is 4.34. The zero-order valence-electron chi connectivity index (χ0n) is 12.1. The molecule has 5 nitrogen and oxygen atoms in total. The highest BCUT2D eigenvalue weighted by Crippen LogP contribution is 2.33. The van der Waals surface area contributed by atoms with Crippen LogP contribution >= 0.6 is 0 Å². The predicted octanol–water partition coefficient (Wildman–Crippen LogP) is 0.986. The summed E-state index contributed by atoms with van der Waals surface area (Å²) in [7, 11) is 5.85. The fraction of sp³-hybridized carbons (Fsp3) is 0.467. The van der Waals surface area contributed by atoms with E-state index in [0.29, 0.717) is 11.6 Å². The largest absolute Gasteiger partial charge is 0.370 e. The van der Waals surface area contributed by atoms with Crippen LogP contribution in [0.5, 0.6) is 0 Å². The number of benzene rings is 1. The van der Waals surface area contributed by atoms with Gasteiger partial charge < -0.3 is 14.7 Å². The van der Waals surface area contributed by atoms with Crippen molar-refractivity contribution >= 4 is 23.1 Å². The van der Waals surface area contributed by atoms with Crippen LogP contribution in [0.2, 0.25) is 0 Å². The standard InChI is InChI=1S/C15H19N3O2/c1-16(2)11-6-7-18(9-11)10-4-5-12-13(8-10)17(3)15(20)14(12)19/h4-5,8,11H,6-7,9H2,1-3H3. The first-order valence-corrected chi connectivity index (χ1v) is 6.87. The summed E-state index contributed by atoms with van der Waals surface area (Å²) in [6, 6.07) is 6.23. The zero-order valence-corrected chi connectivity index (χ0v) is 12.1. The van der Waals surface area contributed by atoms with Gasteiger partial charge in [0, 0.05) is 31.9 Å². The van der Waals surface area contributed by atoms with Crippen LogP contribution in [0.3, 0.4) is 0 Å². The first kappa shape index (κ1) is 13.1. The average Bonchev–Trinajstić information content (AvgIpc) is 3.00. The Hall–Kier alpha value is -1.88. The fourth-order valence-electron chi connectivity index (χ4n) is 2.96. The molecule has 1 unspecified atom stereocenters. The number of nitrogens with zero attached hydrogens (tertiary/aromatic N) is 3. The van der Waals surface area contributed by atoms with Crippen molar-refractivity contribution in [3.63, 3.8) is 0 Å². The molecule has 1 aromatic rings. The van der Waals surface area contributed by atoms with Crippen molar-refractivity contribution in [1.29, 1.82) is 0 Å². The number of anilines is 2. The fourth-order valence-corrected chi connectivity index (χ4v) is 2.96. The van der Waals surface area contributed by atoms with Crippen molar-refractivity contribution in [2.45, 2.75) is 12.5 Å². The Morgan fingerprint density at radius 3 is 2.65 bits per heavy atom. The van der Waals surface area contributed by atoms with Gasteiger partial charge in [-0.3, -0.25) is 9.59 Å². The lowest BCUT2D eigenvalue weighted by molar-refractivity contribution is -0.114. The zero-order chi connectivity index (χ0) is 14.4. The SMILES string of the molecule is CN1C(=O)C(=O)c2ccc(N3CCC(N(C)C)C3)cc21. The van der Waals surface area contributed by atoms with Crippen LogP contribution in [0.25, 0.3) is 0 Å². The molecule has 5 heteroatoms. The molecule has 106 valence electrons. The number of fused-ring (bicyclic) bond motifs is 1. The number of amides is 1.